The van der Waals surface area contributed by atoms with Crippen LogP contribution in [0.15, 0.2) is 66.4 Å². The lowest BCUT2D eigenvalue weighted by Crippen LogP contribution is -2.48. The smallest absolute Gasteiger partial charge is 0.142 e. The van der Waals surface area contributed by atoms with E-state index >= 15 is 0 Å². The Morgan fingerprint density at radius 1 is 1.03 bits per heavy atom. The second-order valence-corrected chi connectivity index (χ2v) is 9.45. The highest BCUT2D eigenvalue weighted by atomic mass is 16.1. The molecule has 182 valence electrons. The Balaban J connectivity index is 2.01. The fraction of sp³-hybridized carbons (Fsp3) is 0.452. The van der Waals surface area contributed by atoms with Crippen molar-refractivity contribution in [3.63, 3.8) is 0 Å². The van der Waals surface area contributed by atoms with Crippen molar-refractivity contribution in [2.24, 2.45) is 11.8 Å². The third-order valence-corrected chi connectivity index (χ3v) is 7.58. The second kappa shape index (κ2) is 12.7. The molecule has 2 unspecified atom stereocenters. The summed E-state index contributed by atoms with van der Waals surface area (Å²) < 4.78 is 0. The van der Waals surface area contributed by atoms with Crippen molar-refractivity contribution in [1.82, 2.24) is 10.2 Å². The monoisotopic (exact) mass is 458 g/mol. The molecule has 3 nitrogen and oxygen atoms in total. The number of carbonyl (C=O) groups is 1. The minimum atomic E-state index is -0.153. The SMILES string of the molecule is C/C=C/c1ccccc1CN(/C(=C/C)C(NC)C1Cc2ccccc2C1)C(C=O)C(CC)CC. The lowest BCUT2D eigenvalue weighted by atomic mass is 9.88. The molecule has 3 rings (SSSR count). The Bertz CT molecular complexity index is 963. The highest BCUT2D eigenvalue weighted by molar-refractivity contribution is 5.60. The van der Waals surface area contributed by atoms with E-state index < -0.39 is 0 Å². The van der Waals surface area contributed by atoms with Gasteiger partial charge in [-0.15, -0.1) is 0 Å². The molecule has 0 bridgehead atoms. The highest BCUT2D eigenvalue weighted by Crippen LogP contribution is 2.34. The summed E-state index contributed by atoms with van der Waals surface area (Å²) in [5.74, 6) is 0.787. The third kappa shape index (κ3) is 5.70. The summed E-state index contributed by atoms with van der Waals surface area (Å²) in [6, 6.07) is 17.4. The normalized spacial score (nSPS) is 16.1. The van der Waals surface area contributed by atoms with Gasteiger partial charge in [0.2, 0.25) is 0 Å². The second-order valence-electron chi connectivity index (χ2n) is 9.45. The van der Waals surface area contributed by atoms with Crippen LogP contribution < -0.4 is 5.32 Å². The molecule has 0 aliphatic heterocycles. The molecule has 0 saturated carbocycles. The van der Waals surface area contributed by atoms with E-state index in [4.69, 9.17) is 0 Å². The van der Waals surface area contributed by atoms with Gasteiger partial charge in [0.05, 0.1) is 12.1 Å². The number of likely N-dealkylation sites (N-methyl/N-ethyl adjacent to an activating group) is 1. The van der Waals surface area contributed by atoms with E-state index in [2.05, 4.69) is 112 Å². The van der Waals surface area contributed by atoms with E-state index in [0.29, 0.717) is 11.8 Å². The molecule has 0 heterocycles. The molecule has 0 radical (unpaired) electrons. The maximum absolute atomic E-state index is 12.6. The van der Waals surface area contributed by atoms with E-state index in [1.165, 1.54) is 34.2 Å². The summed E-state index contributed by atoms with van der Waals surface area (Å²) in [5.41, 5.74) is 6.62. The summed E-state index contributed by atoms with van der Waals surface area (Å²) >= 11 is 0. The van der Waals surface area contributed by atoms with Crippen molar-refractivity contribution in [3.05, 3.63) is 88.6 Å². The van der Waals surface area contributed by atoms with Crippen molar-refractivity contribution in [2.45, 2.75) is 72.0 Å². The fourth-order valence-electron chi connectivity index (χ4n) is 5.76. The van der Waals surface area contributed by atoms with Gasteiger partial charge >= 0.3 is 0 Å². The van der Waals surface area contributed by atoms with Crippen LogP contribution in [-0.4, -0.2) is 30.3 Å². The third-order valence-electron chi connectivity index (χ3n) is 7.58. The largest absolute Gasteiger partial charge is 0.359 e. The van der Waals surface area contributed by atoms with Crippen molar-refractivity contribution in [3.8, 4) is 0 Å². The number of allylic oxidation sites excluding steroid dienone is 2. The number of nitrogens with zero attached hydrogens (tertiary/aromatic N) is 1. The number of fused-ring (bicyclic) bond motifs is 1. The lowest BCUT2D eigenvalue weighted by Gasteiger charge is -2.41. The predicted octanol–water partition coefficient (Wildman–Crippen LogP) is 6.43. The minimum absolute atomic E-state index is 0.153. The van der Waals surface area contributed by atoms with Gasteiger partial charge < -0.3 is 15.0 Å². The molecule has 3 heteroatoms. The van der Waals surface area contributed by atoms with Crippen LogP contribution in [-0.2, 0) is 24.2 Å². The van der Waals surface area contributed by atoms with Gasteiger partial charge in [-0.3, -0.25) is 0 Å². The van der Waals surface area contributed by atoms with Gasteiger partial charge in [-0.05, 0) is 67.8 Å². The number of aldehydes is 1. The molecule has 0 spiro atoms. The van der Waals surface area contributed by atoms with Gasteiger partial charge in [0.15, 0.2) is 0 Å². The summed E-state index contributed by atoms with van der Waals surface area (Å²) in [4.78, 5) is 15.0. The van der Waals surface area contributed by atoms with Gasteiger partial charge in [-0.1, -0.05) is 93.4 Å². The predicted molar refractivity (Wildman–Crippen MR) is 145 cm³/mol. The Labute approximate surface area is 207 Å². The fourth-order valence-corrected chi connectivity index (χ4v) is 5.76. The molecule has 2 aromatic carbocycles. The van der Waals surface area contributed by atoms with Gasteiger partial charge in [0.1, 0.15) is 6.29 Å². The van der Waals surface area contributed by atoms with Crippen LogP contribution in [0.3, 0.4) is 0 Å². The van der Waals surface area contributed by atoms with E-state index in [1.54, 1.807) is 0 Å². The Kier molecular flexibility index (Phi) is 9.71. The molecule has 1 aliphatic rings. The van der Waals surface area contributed by atoms with E-state index in [1.807, 2.05) is 0 Å². The molecule has 1 N–H and O–H groups in total. The zero-order valence-electron chi connectivity index (χ0n) is 21.6. The van der Waals surface area contributed by atoms with Gasteiger partial charge in [0, 0.05) is 12.2 Å². The zero-order valence-corrected chi connectivity index (χ0v) is 21.6. The molecule has 34 heavy (non-hydrogen) atoms. The standard InChI is InChI=1S/C31H42N2O/c1-6-14-24-15-10-13-18-27(24)21-33(30(22-34)23(7-2)8-3)29(9-4)31(32-5)28-19-25-16-11-12-17-26(25)20-28/h6,9-18,22-23,28,30-32H,7-8,19-21H2,1-5H3/b14-6+,29-9+. The average molecular weight is 459 g/mol. The summed E-state index contributed by atoms with van der Waals surface area (Å²) in [5, 5.41) is 3.65. The van der Waals surface area contributed by atoms with Crippen LogP contribution in [0, 0.1) is 11.8 Å². The quantitative estimate of drug-likeness (QED) is 0.372. The zero-order chi connectivity index (χ0) is 24.5. The van der Waals surface area contributed by atoms with Crippen LogP contribution in [0.5, 0.6) is 0 Å². The van der Waals surface area contributed by atoms with E-state index in [-0.39, 0.29) is 12.1 Å². The maximum Gasteiger partial charge on any atom is 0.142 e. The van der Waals surface area contributed by atoms with Crippen molar-refractivity contribution >= 4 is 12.4 Å². The molecular formula is C31H42N2O. The van der Waals surface area contributed by atoms with Crippen LogP contribution in [0.2, 0.25) is 0 Å². The summed E-state index contributed by atoms with van der Waals surface area (Å²) in [6.45, 7) is 9.31. The molecule has 1 aliphatic carbocycles. The Hall–Kier alpha value is -2.65. The van der Waals surface area contributed by atoms with Crippen molar-refractivity contribution in [2.75, 3.05) is 7.05 Å². The number of rotatable bonds is 12. The summed E-state index contributed by atoms with van der Waals surface area (Å²) in [6.07, 6.45) is 11.8. The number of hydrogen-bond acceptors (Lipinski definition) is 3. The lowest BCUT2D eigenvalue weighted by molar-refractivity contribution is -0.114. The Morgan fingerprint density at radius 2 is 1.65 bits per heavy atom. The molecule has 0 fully saturated rings. The summed E-state index contributed by atoms with van der Waals surface area (Å²) in [7, 11) is 2.07. The van der Waals surface area contributed by atoms with Crippen LogP contribution in [0.1, 0.15) is 62.8 Å². The minimum Gasteiger partial charge on any atom is -0.359 e. The van der Waals surface area contributed by atoms with Gasteiger partial charge in [-0.25, -0.2) is 0 Å². The number of hydrogen-bond donors (Lipinski definition) is 1. The Morgan fingerprint density at radius 3 is 2.18 bits per heavy atom. The first-order valence-corrected chi connectivity index (χ1v) is 12.9. The van der Waals surface area contributed by atoms with Gasteiger partial charge in [-0.2, -0.15) is 0 Å². The molecular weight excluding hydrogens is 416 g/mol. The van der Waals surface area contributed by atoms with E-state index in [0.717, 1.165) is 32.2 Å². The topological polar surface area (TPSA) is 32.3 Å². The van der Waals surface area contributed by atoms with Gasteiger partial charge in [0.25, 0.3) is 0 Å². The molecule has 2 atom stereocenters. The van der Waals surface area contributed by atoms with Crippen LogP contribution >= 0.6 is 0 Å². The molecule has 2 aromatic rings. The van der Waals surface area contributed by atoms with Crippen molar-refractivity contribution in [1.29, 1.82) is 0 Å². The molecule has 0 aromatic heterocycles. The highest BCUT2D eigenvalue weighted by Gasteiger charge is 2.35. The first-order chi connectivity index (χ1) is 16.6. The molecule has 0 saturated heterocycles. The van der Waals surface area contributed by atoms with Crippen LogP contribution in [0.25, 0.3) is 6.08 Å². The van der Waals surface area contributed by atoms with Crippen molar-refractivity contribution < 1.29 is 4.79 Å². The van der Waals surface area contributed by atoms with E-state index in [9.17, 15) is 4.79 Å². The maximum atomic E-state index is 12.6. The molecule has 0 amide bonds. The first-order valence-electron chi connectivity index (χ1n) is 12.9. The number of carbonyl (C=O) groups excluding carboxylic acids is 1. The average Bonchev–Trinajstić information content (AvgIpc) is 3.29. The van der Waals surface area contributed by atoms with Crippen LogP contribution in [0.4, 0.5) is 0 Å². The number of nitrogens with one attached hydrogen (secondary N) is 1. The number of benzene rings is 2. The first kappa shape index (κ1) is 26.0.